The minimum Gasteiger partial charge on any atom is -0.445 e. The first-order valence-electron chi connectivity index (χ1n) is 6.12. The smallest absolute Gasteiger partial charge is 0.317 e. The van der Waals surface area contributed by atoms with Crippen molar-refractivity contribution < 1.29 is 14.3 Å². The van der Waals surface area contributed by atoms with Crippen LogP contribution in [0.3, 0.4) is 0 Å². The van der Waals surface area contributed by atoms with Gasteiger partial charge in [0.25, 0.3) is 0 Å². The summed E-state index contributed by atoms with van der Waals surface area (Å²) in [6.45, 7) is 1.90. The van der Waals surface area contributed by atoms with Crippen LogP contribution in [0.4, 0.5) is 4.79 Å². The number of amides is 2. The normalized spacial score (nSPS) is 18.4. The van der Waals surface area contributed by atoms with Crippen molar-refractivity contribution in [2.45, 2.75) is 37.9 Å². The van der Waals surface area contributed by atoms with Crippen LogP contribution in [-0.2, 0) is 9.53 Å². The van der Waals surface area contributed by atoms with Gasteiger partial charge in [-0.15, -0.1) is 0 Å². The van der Waals surface area contributed by atoms with Crippen LogP contribution >= 0.6 is 21.6 Å². The van der Waals surface area contributed by atoms with Crippen LogP contribution in [0, 0.1) is 0 Å². The zero-order valence-electron chi connectivity index (χ0n) is 10.6. The minimum absolute atomic E-state index is 0.0723. The lowest BCUT2D eigenvalue weighted by molar-refractivity contribution is -0.141. The first-order valence-corrected chi connectivity index (χ1v) is 8.50. The van der Waals surface area contributed by atoms with Crippen molar-refractivity contribution in [3.63, 3.8) is 0 Å². The first kappa shape index (κ1) is 15.5. The molecule has 1 aliphatic rings. The molecule has 0 spiro atoms. The predicted molar refractivity (Wildman–Crippen MR) is 75.5 cm³/mol. The van der Waals surface area contributed by atoms with Crippen LogP contribution in [-0.4, -0.2) is 36.3 Å². The monoisotopic (exact) mass is 292 g/mol. The van der Waals surface area contributed by atoms with E-state index >= 15 is 0 Å². The molecule has 2 N–H and O–H groups in total. The standard InChI is InChI=1S/C11H20N2O3S2/c1-9(14)16-8-13-11(15)12-6-3-2-4-10-5-7-17-18-10/h10H,2-8H2,1H3,(H2,12,13,15). The molecule has 1 aliphatic heterocycles. The van der Waals surface area contributed by atoms with E-state index in [1.807, 2.05) is 21.6 Å². The molecule has 5 nitrogen and oxygen atoms in total. The number of esters is 1. The molecule has 2 amide bonds. The van der Waals surface area contributed by atoms with Gasteiger partial charge >= 0.3 is 12.0 Å². The molecule has 0 radical (unpaired) electrons. The average Bonchev–Trinajstić information content (AvgIpc) is 2.81. The maximum atomic E-state index is 11.2. The fourth-order valence-electron chi connectivity index (χ4n) is 1.53. The summed E-state index contributed by atoms with van der Waals surface area (Å²) in [5.74, 6) is 0.869. The van der Waals surface area contributed by atoms with Gasteiger partial charge in [0.15, 0.2) is 6.73 Å². The second kappa shape index (κ2) is 9.38. The highest BCUT2D eigenvalue weighted by Crippen LogP contribution is 2.39. The van der Waals surface area contributed by atoms with Crippen LogP contribution in [0.1, 0.15) is 32.6 Å². The molecule has 1 rings (SSSR count). The van der Waals surface area contributed by atoms with Crippen LogP contribution in [0.15, 0.2) is 0 Å². The maximum absolute atomic E-state index is 11.2. The maximum Gasteiger partial charge on any atom is 0.317 e. The van der Waals surface area contributed by atoms with Crippen LogP contribution < -0.4 is 10.6 Å². The van der Waals surface area contributed by atoms with E-state index in [9.17, 15) is 9.59 Å². The Hall–Kier alpha value is -0.560. The second-order valence-corrected chi connectivity index (χ2v) is 6.83. The quantitative estimate of drug-likeness (QED) is 0.326. The lowest BCUT2D eigenvalue weighted by atomic mass is 10.1. The van der Waals surface area contributed by atoms with Gasteiger partial charge in [0, 0.05) is 24.5 Å². The van der Waals surface area contributed by atoms with Crippen molar-refractivity contribution in [1.82, 2.24) is 10.6 Å². The van der Waals surface area contributed by atoms with Gasteiger partial charge in [0.1, 0.15) is 0 Å². The molecular weight excluding hydrogens is 272 g/mol. The third-order valence-corrected chi connectivity index (χ3v) is 5.48. The van der Waals surface area contributed by atoms with Crippen molar-refractivity contribution in [2.75, 3.05) is 19.0 Å². The summed E-state index contributed by atoms with van der Waals surface area (Å²) in [7, 11) is 3.95. The number of carbonyl (C=O) groups is 2. The molecule has 1 heterocycles. The predicted octanol–water partition coefficient (Wildman–Crippen LogP) is 2.13. The summed E-state index contributed by atoms with van der Waals surface area (Å²) in [6.07, 6.45) is 4.67. The van der Waals surface area contributed by atoms with Gasteiger partial charge in [-0.25, -0.2) is 4.79 Å². The Balaban J connectivity index is 1.87. The molecule has 0 aromatic heterocycles. The molecule has 1 unspecified atom stereocenters. The fraction of sp³-hybridized carbons (Fsp3) is 0.818. The SMILES string of the molecule is CC(=O)OCNC(=O)NCCCCC1CCSS1. The topological polar surface area (TPSA) is 67.4 Å². The van der Waals surface area contributed by atoms with E-state index in [2.05, 4.69) is 15.4 Å². The summed E-state index contributed by atoms with van der Waals surface area (Å²) in [5, 5.41) is 5.97. The van der Waals surface area contributed by atoms with E-state index in [-0.39, 0.29) is 12.8 Å². The molecule has 104 valence electrons. The Morgan fingerprint density at radius 3 is 2.83 bits per heavy atom. The zero-order valence-corrected chi connectivity index (χ0v) is 12.2. The van der Waals surface area contributed by atoms with E-state index in [1.165, 1.54) is 25.5 Å². The summed E-state index contributed by atoms with van der Waals surface area (Å²) in [5.41, 5.74) is 0. The van der Waals surface area contributed by atoms with Gasteiger partial charge < -0.3 is 15.4 Å². The third-order valence-electron chi connectivity index (χ3n) is 2.47. The molecule has 7 heteroatoms. The zero-order chi connectivity index (χ0) is 13.2. The number of hydrogen-bond acceptors (Lipinski definition) is 5. The van der Waals surface area contributed by atoms with Gasteiger partial charge in [-0.1, -0.05) is 28.0 Å². The lowest BCUT2D eigenvalue weighted by Crippen LogP contribution is -2.37. The highest BCUT2D eigenvalue weighted by molar-refractivity contribution is 8.77. The summed E-state index contributed by atoms with van der Waals surface area (Å²) >= 11 is 0. The van der Waals surface area contributed by atoms with E-state index < -0.39 is 5.97 Å². The van der Waals surface area contributed by atoms with E-state index in [1.54, 1.807) is 0 Å². The van der Waals surface area contributed by atoms with Gasteiger partial charge in [0.05, 0.1) is 0 Å². The summed E-state index contributed by atoms with van der Waals surface area (Å²) < 4.78 is 4.59. The number of hydrogen-bond donors (Lipinski definition) is 2. The minimum atomic E-state index is -0.401. The molecule has 1 saturated heterocycles. The van der Waals surface area contributed by atoms with Crippen LogP contribution in [0.25, 0.3) is 0 Å². The first-order chi connectivity index (χ1) is 8.68. The molecule has 0 aliphatic carbocycles. The van der Waals surface area contributed by atoms with Gasteiger partial charge in [-0.2, -0.15) is 0 Å². The molecule has 18 heavy (non-hydrogen) atoms. The van der Waals surface area contributed by atoms with Crippen LogP contribution in [0.2, 0.25) is 0 Å². The fourth-order valence-corrected chi connectivity index (χ4v) is 4.56. The Kier molecular flexibility index (Phi) is 8.08. The molecule has 0 aromatic carbocycles. The van der Waals surface area contributed by atoms with Crippen molar-refractivity contribution in [3.8, 4) is 0 Å². The van der Waals surface area contributed by atoms with E-state index in [0.717, 1.165) is 18.1 Å². The largest absolute Gasteiger partial charge is 0.445 e. The third kappa shape index (κ3) is 7.71. The second-order valence-electron chi connectivity index (χ2n) is 4.04. The van der Waals surface area contributed by atoms with Crippen molar-refractivity contribution >= 4 is 33.6 Å². The van der Waals surface area contributed by atoms with Gasteiger partial charge in [-0.3, -0.25) is 4.79 Å². The molecule has 0 aromatic rings. The number of ether oxygens (including phenoxy) is 1. The van der Waals surface area contributed by atoms with Crippen molar-refractivity contribution in [3.05, 3.63) is 0 Å². The van der Waals surface area contributed by atoms with Crippen molar-refractivity contribution in [2.24, 2.45) is 0 Å². The number of carbonyl (C=O) groups excluding carboxylic acids is 2. The van der Waals surface area contributed by atoms with E-state index in [4.69, 9.17) is 0 Å². The number of nitrogens with one attached hydrogen (secondary N) is 2. The van der Waals surface area contributed by atoms with Crippen molar-refractivity contribution in [1.29, 1.82) is 0 Å². The highest BCUT2D eigenvalue weighted by Gasteiger charge is 2.15. The number of urea groups is 1. The summed E-state index contributed by atoms with van der Waals surface area (Å²) in [4.78, 5) is 21.7. The van der Waals surface area contributed by atoms with Gasteiger partial charge in [0.2, 0.25) is 0 Å². The van der Waals surface area contributed by atoms with E-state index in [0.29, 0.717) is 6.54 Å². The Labute approximate surface area is 116 Å². The number of unbranched alkanes of at least 4 members (excludes halogenated alkanes) is 1. The number of rotatable bonds is 7. The molecule has 0 bridgehead atoms. The van der Waals surface area contributed by atoms with Crippen LogP contribution in [0.5, 0.6) is 0 Å². The molecular formula is C11H20N2O3S2. The lowest BCUT2D eigenvalue weighted by Gasteiger charge is -2.09. The molecule has 1 atom stereocenters. The van der Waals surface area contributed by atoms with Gasteiger partial charge in [-0.05, 0) is 19.3 Å². The summed E-state index contributed by atoms with van der Waals surface area (Å²) in [6, 6.07) is -0.290. The Morgan fingerprint density at radius 1 is 1.33 bits per heavy atom. The Morgan fingerprint density at radius 2 is 2.17 bits per heavy atom. The highest BCUT2D eigenvalue weighted by atomic mass is 33.1. The average molecular weight is 292 g/mol. The Bertz CT molecular complexity index is 271. The molecule has 0 saturated carbocycles. The molecule has 1 fully saturated rings.